The van der Waals surface area contributed by atoms with Crippen LogP contribution in [0.1, 0.15) is 37.9 Å². The molecule has 0 amide bonds. The van der Waals surface area contributed by atoms with Crippen molar-refractivity contribution in [2.45, 2.75) is 46.2 Å². The highest BCUT2D eigenvalue weighted by molar-refractivity contribution is 5.42. The summed E-state index contributed by atoms with van der Waals surface area (Å²) in [7, 11) is 0. The van der Waals surface area contributed by atoms with Gasteiger partial charge in [-0.25, -0.2) is 4.98 Å². The molecule has 0 radical (unpaired) electrons. The van der Waals surface area contributed by atoms with Gasteiger partial charge in [-0.05, 0) is 51.2 Å². The molecule has 1 saturated carbocycles. The van der Waals surface area contributed by atoms with Crippen LogP contribution in [0.25, 0.3) is 0 Å². The molecule has 0 bridgehead atoms. The van der Waals surface area contributed by atoms with Gasteiger partial charge in [0.25, 0.3) is 0 Å². The number of pyridine rings is 1. The van der Waals surface area contributed by atoms with E-state index in [1.807, 2.05) is 6.92 Å². The van der Waals surface area contributed by atoms with Crippen LogP contribution in [0, 0.1) is 12.8 Å². The van der Waals surface area contributed by atoms with Crippen LogP contribution >= 0.6 is 0 Å². The lowest BCUT2D eigenvalue weighted by molar-refractivity contribution is 0.635. The third kappa shape index (κ3) is 2.97. The Bertz CT molecular complexity index is 383. The molecule has 0 aromatic carbocycles. The van der Waals surface area contributed by atoms with Crippen LogP contribution in [-0.2, 0) is 6.54 Å². The third-order valence-corrected chi connectivity index (χ3v) is 3.47. The minimum atomic E-state index is 0.506. The van der Waals surface area contributed by atoms with Crippen LogP contribution in [0.5, 0.6) is 0 Å². The van der Waals surface area contributed by atoms with E-state index in [1.54, 1.807) is 0 Å². The summed E-state index contributed by atoms with van der Waals surface area (Å²) in [5.74, 6) is 1.98. The van der Waals surface area contributed by atoms with Crippen LogP contribution in [0.15, 0.2) is 12.1 Å². The van der Waals surface area contributed by atoms with Crippen LogP contribution in [-0.4, -0.2) is 17.6 Å². The molecule has 2 N–H and O–H groups in total. The van der Waals surface area contributed by atoms with Crippen molar-refractivity contribution in [2.24, 2.45) is 11.7 Å². The quantitative estimate of drug-likeness (QED) is 0.849. The van der Waals surface area contributed by atoms with Gasteiger partial charge in [-0.1, -0.05) is 6.07 Å². The zero-order valence-corrected chi connectivity index (χ0v) is 11.1. The average molecular weight is 233 g/mol. The van der Waals surface area contributed by atoms with Crippen molar-refractivity contribution < 1.29 is 0 Å². The topological polar surface area (TPSA) is 42.2 Å². The van der Waals surface area contributed by atoms with E-state index in [1.165, 1.54) is 12.8 Å². The molecule has 1 heterocycles. The highest BCUT2D eigenvalue weighted by Crippen LogP contribution is 2.32. The minimum Gasteiger partial charge on any atom is -0.354 e. The van der Waals surface area contributed by atoms with Gasteiger partial charge >= 0.3 is 0 Å². The third-order valence-electron chi connectivity index (χ3n) is 3.47. The fourth-order valence-corrected chi connectivity index (χ4v) is 2.10. The lowest BCUT2D eigenvalue weighted by Gasteiger charge is -2.28. The van der Waals surface area contributed by atoms with Crippen LogP contribution in [0.2, 0.25) is 0 Å². The minimum absolute atomic E-state index is 0.506. The second-order valence-electron chi connectivity index (χ2n) is 5.31. The summed E-state index contributed by atoms with van der Waals surface area (Å²) in [6, 6.07) is 4.73. The fraction of sp³-hybridized carbons (Fsp3) is 0.643. The van der Waals surface area contributed by atoms with Crippen LogP contribution in [0.3, 0.4) is 0 Å². The van der Waals surface area contributed by atoms with E-state index in [0.29, 0.717) is 12.6 Å². The molecule has 0 saturated heterocycles. The lowest BCUT2D eigenvalue weighted by Crippen LogP contribution is -2.33. The molecular formula is C14H23N3. The highest BCUT2D eigenvalue weighted by atomic mass is 15.2. The zero-order chi connectivity index (χ0) is 12.4. The summed E-state index contributed by atoms with van der Waals surface area (Å²) in [6.07, 6.45) is 2.76. The van der Waals surface area contributed by atoms with Crippen molar-refractivity contribution >= 4 is 5.82 Å². The van der Waals surface area contributed by atoms with Crippen molar-refractivity contribution in [3.63, 3.8) is 0 Å². The Labute approximate surface area is 104 Å². The molecule has 1 fully saturated rings. The van der Waals surface area contributed by atoms with Gasteiger partial charge in [-0.15, -0.1) is 0 Å². The summed E-state index contributed by atoms with van der Waals surface area (Å²) in [5, 5.41) is 0. The zero-order valence-electron chi connectivity index (χ0n) is 11.1. The Morgan fingerprint density at radius 3 is 2.59 bits per heavy atom. The van der Waals surface area contributed by atoms with Gasteiger partial charge in [0.2, 0.25) is 0 Å². The van der Waals surface area contributed by atoms with Crippen molar-refractivity contribution in [1.29, 1.82) is 0 Å². The molecule has 94 valence electrons. The van der Waals surface area contributed by atoms with Crippen LogP contribution in [0.4, 0.5) is 5.82 Å². The molecule has 1 aromatic heterocycles. The Morgan fingerprint density at radius 1 is 1.41 bits per heavy atom. The molecule has 0 unspecified atom stereocenters. The van der Waals surface area contributed by atoms with Crippen molar-refractivity contribution in [3.8, 4) is 0 Å². The largest absolute Gasteiger partial charge is 0.354 e. The van der Waals surface area contributed by atoms with E-state index in [2.05, 4.69) is 30.9 Å². The Kier molecular flexibility index (Phi) is 3.67. The molecule has 0 aliphatic heterocycles. The molecule has 17 heavy (non-hydrogen) atoms. The van der Waals surface area contributed by atoms with Gasteiger partial charge in [0.1, 0.15) is 5.82 Å². The molecule has 1 aliphatic carbocycles. The Balaban J connectivity index is 2.19. The standard InChI is InChI=1S/C14H23N3/c1-10(2)17(9-12-4-5-12)14-7-6-13(8-15)11(3)16-14/h6-7,10,12H,4-5,8-9,15H2,1-3H3. The second kappa shape index (κ2) is 5.05. The first-order valence-electron chi connectivity index (χ1n) is 6.55. The van der Waals surface area contributed by atoms with Gasteiger partial charge in [0, 0.05) is 24.8 Å². The maximum absolute atomic E-state index is 5.67. The molecule has 1 aliphatic rings. The van der Waals surface area contributed by atoms with Crippen molar-refractivity contribution in [2.75, 3.05) is 11.4 Å². The molecule has 2 rings (SSSR count). The number of aromatic nitrogens is 1. The molecule has 0 spiro atoms. The summed E-state index contributed by atoms with van der Waals surface area (Å²) < 4.78 is 0. The average Bonchev–Trinajstić information content (AvgIpc) is 3.09. The molecule has 3 nitrogen and oxygen atoms in total. The van der Waals surface area contributed by atoms with E-state index in [9.17, 15) is 0 Å². The predicted molar refractivity (Wildman–Crippen MR) is 72.1 cm³/mol. The number of rotatable bonds is 5. The first kappa shape index (κ1) is 12.4. The van der Waals surface area contributed by atoms with Crippen molar-refractivity contribution in [3.05, 3.63) is 23.4 Å². The highest BCUT2D eigenvalue weighted by Gasteiger charge is 2.26. The number of aryl methyl sites for hydroxylation is 1. The molecule has 0 atom stereocenters. The molecule has 3 heteroatoms. The van der Waals surface area contributed by atoms with Crippen molar-refractivity contribution in [1.82, 2.24) is 4.98 Å². The van der Waals surface area contributed by atoms with Crippen LogP contribution < -0.4 is 10.6 Å². The van der Waals surface area contributed by atoms with Gasteiger partial charge in [-0.2, -0.15) is 0 Å². The maximum atomic E-state index is 5.67. The normalized spacial score (nSPS) is 15.4. The second-order valence-corrected chi connectivity index (χ2v) is 5.31. The monoisotopic (exact) mass is 233 g/mol. The molecule has 1 aromatic rings. The summed E-state index contributed by atoms with van der Waals surface area (Å²) >= 11 is 0. The number of hydrogen-bond donors (Lipinski definition) is 1. The van der Waals surface area contributed by atoms with Gasteiger partial charge in [0.05, 0.1) is 0 Å². The number of hydrogen-bond acceptors (Lipinski definition) is 3. The maximum Gasteiger partial charge on any atom is 0.129 e. The first-order chi connectivity index (χ1) is 8.11. The van der Waals surface area contributed by atoms with Gasteiger partial charge in [0.15, 0.2) is 0 Å². The summed E-state index contributed by atoms with van der Waals surface area (Å²) in [4.78, 5) is 7.10. The predicted octanol–water partition coefficient (Wildman–Crippen LogP) is 2.47. The van der Waals surface area contributed by atoms with E-state index in [4.69, 9.17) is 10.7 Å². The fourth-order valence-electron chi connectivity index (χ4n) is 2.10. The van der Waals surface area contributed by atoms with E-state index < -0.39 is 0 Å². The number of nitrogens with zero attached hydrogens (tertiary/aromatic N) is 2. The SMILES string of the molecule is Cc1nc(N(CC2CC2)C(C)C)ccc1CN. The van der Waals surface area contributed by atoms with Gasteiger partial charge < -0.3 is 10.6 Å². The number of nitrogens with two attached hydrogens (primary N) is 1. The summed E-state index contributed by atoms with van der Waals surface area (Å²) in [6.45, 7) is 8.23. The summed E-state index contributed by atoms with van der Waals surface area (Å²) in [5.41, 5.74) is 7.88. The first-order valence-corrected chi connectivity index (χ1v) is 6.55. The lowest BCUT2D eigenvalue weighted by atomic mass is 10.2. The smallest absolute Gasteiger partial charge is 0.129 e. The Hall–Kier alpha value is -1.09. The van der Waals surface area contributed by atoms with Gasteiger partial charge in [-0.3, -0.25) is 0 Å². The number of anilines is 1. The van der Waals surface area contributed by atoms with E-state index in [-0.39, 0.29) is 0 Å². The Morgan fingerprint density at radius 2 is 2.12 bits per heavy atom. The molecular weight excluding hydrogens is 210 g/mol. The van der Waals surface area contributed by atoms with E-state index in [0.717, 1.165) is 29.5 Å². The van der Waals surface area contributed by atoms with E-state index >= 15 is 0 Å².